The van der Waals surface area contributed by atoms with Gasteiger partial charge in [0.2, 0.25) is 0 Å². The third-order valence-corrected chi connectivity index (χ3v) is 5.18. The molecule has 1 unspecified atom stereocenters. The van der Waals surface area contributed by atoms with E-state index in [1.807, 2.05) is 60.7 Å². The SMILES string of the molecule is COc1ccc(CC2C(=O)O[C@@H](c3ccc4ccccc4n3)[C@@H]2C)cc1. The molecule has 0 N–H and O–H groups in total. The molecule has 4 rings (SSSR count). The normalized spacial score (nSPS) is 22.4. The lowest BCUT2D eigenvalue weighted by Crippen LogP contribution is -2.17. The lowest BCUT2D eigenvalue weighted by molar-refractivity contribution is -0.144. The molecule has 0 saturated carbocycles. The predicted molar refractivity (Wildman–Crippen MR) is 99.9 cm³/mol. The van der Waals surface area contributed by atoms with E-state index >= 15 is 0 Å². The van der Waals surface area contributed by atoms with Gasteiger partial charge in [-0.05, 0) is 36.2 Å². The molecule has 2 heterocycles. The van der Waals surface area contributed by atoms with E-state index in [0.29, 0.717) is 6.42 Å². The smallest absolute Gasteiger partial charge is 0.310 e. The number of pyridine rings is 1. The zero-order valence-corrected chi connectivity index (χ0v) is 14.9. The van der Waals surface area contributed by atoms with E-state index in [4.69, 9.17) is 14.5 Å². The highest BCUT2D eigenvalue weighted by atomic mass is 16.6. The van der Waals surface area contributed by atoms with Gasteiger partial charge >= 0.3 is 5.97 Å². The molecule has 3 aromatic rings. The van der Waals surface area contributed by atoms with Crippen LogP contribution in [0.2, 0.25) is 0 Å². The summed E-state index contributed by atoms with van der Waals surface area (Å²) in [6, 6.07) is 19.8. The highest BCUT2D eigenvalue weighted by Crippen LogP contribution is 2.40. The Bertz CT molecular complexity index is 936. The summed E-state index contributed by atoms with van der Waals surface area (Å²) < 4.78 is 10.9. The van der Waals surface area contributed by atoms with Crippen molar-refractivity contribution in [1.82, 2.24) is 4.98 Å². The van der Waals surface area contributed by atoms with E-state index < -0.39 is 0 Å². The fourth-order valence-corrected chi connectivity index (χ4v) is 3.60. The second-order valence-corrected chi connectivity index (χ2v) is 6.80. The Morgan fingerprint density at radius 3 is 2.58 bits per heavy atom. The van der Waals surface area contributed by atoms with Crippen molar-refractivity contribution in [3.63, 3.8) is 0 Å². The molecular weight excluding hydrogens is 326 g/mol. The van der Waals surface area contributed by atoms with Crippen LogP contribution in [-0.2, 0) is 16.0 Å². The third kappa shape index (κ3) is 3.03. The summed E-state index contributed by atoms with van der Waals surface area (Å²) >= 11 is 0. The first-order valence-corrected chi connectivity index (χ1v) is 8.85. The molecule has 0 radical (unpaired) electrons. The molecule has 1 aromatic heterocycles. The molecule has 0 spiro atoms. The van der Waals surface area contributed by atoms with Crippen LogP contribution >= 0.6 is 0 Å². The standard InChI is InChI=1S/C22H21NO3/c1-14-18(13-15-7-10-17(25-2)11-8-15)22(24)26-21(14)20-12-9-16-5-3-4-6-19(16)23-20/h3-12,14,18,21H,13H2,1-2H3/t14-,18?,21-/m1/s1. The van der Waals surface area contributed by atoms with Gasteiger partial charge in [-0.15, -0.1) is 0 Å². The van der Waals surface area contributed by atoms with Gasteiger partial charge in [-0.1, -0.05) is 43.3 Å². The lowest BCUT2D eigenvalue weighted by atomic mass is 9.86. The predicted octanol–water partition coefficient (Wildman–Crippen LogP) is 4.34. The average Bonchev–Trinajstić information content (AvgIpc) is 2.96. The number of hydrogen-bond acceptors (Lipinski definition) is 4. The van der Waals surface area contributed by atoms with E-state index in [-0.39, 0.29) is 23.9 Å². The van der Waals surface area contributed by atoms with Crippen molar-refractivity contribution in [3.8, 4) is 5.75 Å². The maximum Gasteiger partial charge on any atom is 0.310 e. The van der Waals surface area contributed by atoms with E-state index in [1.165, 1.54) is 0 Å². The Labute approximate surface area is 152 Å². The molecule has 4 heteroatoms. The van der Waals surface area contributed by atoms with Gasteiger partial charge in [0.15, 0.2) is 0 Å². The first kappa shape index (κ1) is 16.6. The maximum absolute atomic E-state index is 12.5. The van der Waals surface area contributed by atoms with Crippen LogP contribution in [0.25, 0.3) is 10.9 Å². The fourth-order valence-electron chi connectivity index (χ4n) is 3.60. The van der Waals surface area contributed by atoms with Crippen LogP contribution in [0.15, 0.2) is 60.7 Å². The van der Waals surface area contributed by atoms with Gasteiger partial charge in [0.05, 0.1) is 24.2 Å². The largest absolute Gasteiger partial charge is 0.497 e. The van der Waals surface area contributed by atoms with Gasteiger partial charge in [-0.25, -0.2) is 4.98 Å². The van der Waals surface area contributed by atoms with Crippen molar-refractivity contribution in [1.29, 1.82) is 0 Å². The van der Waals surface area contributed by atoms with Crippen molar-refractivity contribution >= 4 is 16.9 Å². The number of nitrogens with zero attached hydrogens (tertiary/aromatic N) is 1. The molecule has 26 heavy (non-hydrogen) atoms. The molecule has 1 fully saturated rings. The van der Waals surface area contributed by atoms with E-state index in [2.05, 4.69) is 6.92 Å². The molecule has 0 bridgehead atoms. The van der Waals surface area contributed by atoms with Crippen LogP contribution in [0, 0.1) is 11.8 Å². The molecule has 3 atom stereocenters. The van der Waals surface area contributed by atoms with Crippen LogP contribution < -0.4 is 4.74 Å². The van der Waals surface area contributed by atoms with Crippen LogP contribution in [0.1, 0.15) is 24.3 Å². The maximum atomic E-state index is 12.5. The first-order valence-electron chi connectivity index (χ1n) is 8.85. The first-order chi connectivity index (χ1) is 12.7. The third-order valence-electron chi connectivity index (χ3n) is 5.18. The summed E-state index contributed by atoms with van der Waals surface area (Å²) in [6.45, 7) is 2.07. The minimum absolute atomic E-state index is 0.0678. The molecule has 132 valence electrons. The van der Waals surface area contributed by atoms with Crippen LogP contribution in [-0.4, -0.2) is 18.1 Å². The summed E-state index contributed by atoms with van der Waals surface area (Å²) in [6.07, 6.45) is 0.365. The van der Waals surface area contributed by atoms with Crippen LogP contribution in [0.4, 0.5) is 0 Å². The molecule has 0 aliphatic carbocycles. The molecule has 1 aliphatic heterocycles. The number of ether oxygens (including phenoxy) is 2. The van der Waals surface area contributed by atoms with Crippen LogP contribution in [0.5, 0.6) is 5.75 Å². The minimum Gasteiger partial charge on any atom is -0.497 e. The monoisotopic (exact) mass is 347 g/mol. The summed E-state index contributed by atoms with van der Waals surface area (Å²) in [5.41, 5.74) is 2.85. The van der Waals surface area contributed by atoms with Crippen molar-refractivity contribution in [2.75, 3.05) is 7.11 Å². The number of benzene rings is 2. The number of cyclic esters (lactones) is 1. The zero-order valence-electron chi connectivity index (χ0n) is 14.9. The Hall–Kier alpha value is -2.88. The summed E-state index contributed by atoms with van der Waals surface area (Å²) in [5, 5.41) is 1.09. The number of carbonyl (C=O) groups excluding carboxylic acids is 1. The zero-order chi connectivity index (χ0) is 18.1. The molecule has 1 saturated heterocycles. The van der Waals surface area contributed by atoms with Gasteiger partial charge < -0.3 is 9.47 Å². The topological polar surface area (TPSA) is 48.4 Å². The Balaban J connectivity index is 1.56. The Morgan fingerprint density at radius 2 is 1.81 bits per heavy atom. The Morgan fingerprint density at radius 1 is 1.04 bits per heavy atom. The second-order valence-electron chi connectivity index (χ2n) is 6.80. The van der Waals surface area contributed by atoms with Gasteiger partial charge in [0, 0.05) is 11.3 Å². The average molecular weight is 347 g/mol. The van der Waals surface area contributed by atoms with Crippen molar-refractivity contribution in [2.24, 2.45) is 11.8 Å². The van der Waals surface area contributed by atoms with Crippen LogP contribution in [0.3, 0.4) is 0 Å². The molecule has 0 amide bonds. The van der Waals surface area contributed by atoms with Gasteiger partial charge in [0.25, 0.3) is 0 Å². The van der Waals surface area contributed by atoms with Gasteiger partial charge in [0.1, 0.15) is 11.9 Å². The molecule has 1 aliphatic rings. The fraction of sp³-hybridized carbons (Fsp3) is 0.273. The minimum atomic E-state index is -0.296. The van der Waals surface area contributed by atoms with Gasteiger partial charge in [-0.2, -0.15) is 0 Å². The van der Waals surface area contributed by atoms with Crippen molar-refractivity contribution < 1.29 is 14.3 Å². The number of fused-ring (bicyclic) bond motifs is 1. The summed E-state index contributed by atoms with van der Waals surface area (Å²) in [7, 11) is 1.65. The summed E-state index contributed by atoms with van der Waals surface area (Å²) in [4.78, 5) is 17.2. The number of methoxy groups -OCH3 is 1. The molecule has 2 aromatic carbocycles. The number of rotatable bonds is 4. The highest BCUT2D eigenvalue weighted by molar-refractivity contribution is 5.79. The second kappa shape index (κ2) is 6.79. The van der Waals surface area contributed by atoms with E-state index in [0.717, 1.165) is 27.9 Å². The molecule has 4 nitrogen and oxygen atoms in total. The van der Waals surface area contributed by atoms with E-state index in [9.17, 15) is 4.79 Å². The summed E-state index contributed by atoms with van der Waals surface area (Å²) in [5.74, 6) is 0.572. The number of para-hydroxylation sites is 1. The Kier molecular flexibility index (Phi) is 4.33. The number of carbonyl (C=O) groups is 1. The van der Waals surface area contributed by atoms with Crippen molar-refractivity contribution in [2.45, 2.75) is 19.4 Å². The number of hydrogen-bond donors (Lipinski definition) is 0. The number of esters is 1. The highest BCUT2D eigenvalue weighted by Gasteiger charge is 2.43. The molecular formula is C22H21NO3. The van der Waals surface area contributed by atoms with Gasteiger partial charge in [-0.3, -0.25) is 4.79 Å². The van der Waals surface area contributed by atoms with E-state index in [1.54, 1.807) is 7.11 Å². The van der Waals surface area contributed by atoms with Crippen molar-refractivity contribution in [3.05, 3.63) is 71.9 Å². The quantitative estimate of drug-likeness (QED) is 0.659. The lowest BCUT2D eigenvalue weighted by Gasteiger charge is -2.16. The number of aromatic nitrogens is 1.